The third-order valence-corrected chi connectivity index (χ3v) is 10.0. The minimum absolute atomic E-state index is 0.0584. The van der Waals surface area contributed by atoms with Crippen molar-refractivity contribution in [3.05, 3.63) is 66.6 Å². The predicted molar refractivity (Wildman–Crippen MR) is 138 cm³/mol. The van der Waals surface area contributed by atoms with E-state index in [1.165, 1.54) is 36.1 Å². The van der Waals surface area contributed by atoms with Gasteiger partial charge in [-0.1, -0.05) is 36.4 Å². The fourth-order valence-electron chi connectivity index (χ4n) is 8.72. The lowest BCUT2D eigenvalue weighted by Crippen LogP contribution is -2.56. The van der Waals surface area contributed by atoms with Crippen molar-refractivity contribution in [2.75, 3.05) is 11.9 Å². The molecule has 0 radical (unpaired) electrons. The molecule has 4 atom stereocenters. The first-order valence-electron chi connectivity index (χ1n) is 13.6. The molecule has 1 aliphatic heterocycles. The van der Waals surface area contributed by atoms with Gasteiger partial charge in [-0.05, 0) is 85.3 Å². The summed E-state index contributed by atoms with van der Waals surface area (Å²) in [5, 5.41) is 15.4. The summed E-state index contributed by atoms with van der Waals surface area (Å²) < 4.78 is 8.20. The molecule has 0 saturated heterocycles. The first-order chi connectivity index (χ1) is 17.7. The molecule has 9 rings (SSSR count). The normalized spacial score (nSPS) is 32.5. The van der Waals surface area contributed by atoms with Crippen molar-refractivity contribution in [2.24, 2.45) is 29.1 Å². The SMILES string of the molecule is OC(CC1c2ccccc2-c2cncn21)C12CC3CC(C1)C(CNc1nc4ccccc4o1)C(C3)C2. The molecule has 4 bridgehead atoms. The van der Waals surface area contributed by atoms with Crippen molar-refractivity contribution < 1.29 is 9.52 Å². The molecule has 3 heterocycles. The Hall–Kier alpha value is -3.12. The van der Waals surface area contributed by atoms with Crippen LogP contribution < -0.4 is 5.32 Å². The van der Waals surface area contributed by atoms with E-state index >= 15 is 0 Å². The number of oxazole rings is 1. The van der Waals surface area contributed by atoms with E-state index in [1.807, 2.05) is 36.8 Å². The summed E-state index contributed by atoms with van der Waals surface area (Å²) >= 11 is 0. The number of aromatic nitrogens is 3. The molecule has 4 saturated carbocycles. The smallest absolute Gasteiger partial charge is 0.295 e. The average molecular weight is 481 g/mol. The molecule has 4 fully saturated rings. The Bertz CT molecular complexity index is 1390. The highest BCUT2D eigenvalue weighted by molar-refractivity contribution is 5.74. The largest absolute Gasteiger partial charge is 0.424 e. The van der Waals surface area contributed by atoms with Gasteiger partial charge in [0.05, 0.1) is 30.4 Å². The first kappa shape index (κ1) is 21.0. The second kappa shape index (κ2) is 7.69. The fraction of sp³-hybridized carbons (Fsp3) is 0.467. The number of benzene rings is 2. The molecule has 4 aliphatic carbocycles. The Morgan fingerprint density at radius 1 is 1.06 bits per heavy atom. The molecule has 5 aliphatic rings. The van der Waals surface area contributed by atoms with E-state index in [-0.39, 0.29) is 17.6 Å². The zero-order valence-electron chi connectivity index (χ0n) is 20.4. The second-order valence-electron chi connectivity index (χ2n) is 11.9. The highest BCUT2D eigenvalue weighted by atomic mass is 16.4. The average Bonchev–Trinajstić information content (AvgIpc) is 3.59. The minimum Gasteiger partial charge on any atom is -0.424 e. The Balaban J connectivity index is 1.01. The van der Waals surface area contributed by atoms with Gasteiger partial charge in [-0.3, -0.25) is 0 Å². The van der Waals surface area contributed by atoms with E-state index in [2.05, 4.69) is 44.1 Å². The molecule has 6 heteroatoms. The number of nitrogens with zero attached hydrogens (tertiary/aromatic N) is 3. The molecule has 2 aromatic heterocycles. The van der Waals surface area contributed by atoms with Gasteiger partial charge in [-0.2, -0.15) is 4.98 Å². The van der Waals surface area contributed by atoms with Gasteiger partial charge in [0.25, 0.3) is 6.01 Å². The highest BCUT2D eigenvalue weighted by Gasteiger charge is 2.58. The van der Waals surface area contributed by atoms with Crippen LogP contribution in [0.25, 0.3) is 22.4 Å². The molecule has 2 N–H and O–H groups in total. The lowest BCUT2D eigenvalue weighted by atomic mass is 9.44. The van der Waals surface area contributed by atoms with Gasteiger partial charge < -0.3 is 19.4 Å². The van der Waals surface area contributed by atoms with Crippen LogP contribution in [0.15, 0.2) is 65.5 Å². The molecule has 0 amide bonds. The number of fused-ring (bicyclic) bond motifs is 4. The van der Waals surface area contributed by atoms with Gasteiger partial charge in [0, 0.05) is 12.1 Å². The minimum atomic E-state index is -0.289. The summed E-state index contributed by atoms with van der Waals surface area (Å²) in [5.74, 6) is 2.73. The van der Waals surface area contributed by atoms with Crippen LogP contribution in [-0.2, 0) is 0 Å². The zero-order valence-corrected chi connectivity index (χ0v) is 20.4. The number of aliphatic hydroxyl groups is 1. The van der Waals surface area contributed by atoms with Gasteiger partial charge in [-0.15, -0.1) is 0 Å². The van der Waals surface area contributed by atoms with Crippen LogP contribution in [0.4, 0.5) is 6.01 Å². The first-order valence-corrected chi connectivity index (χ1v) is 13.6. The van der Waals surface area contributed by atoms with Crippen LogP contribution >= 0.6 is 0 Å². The maximum Gasteiger partial charge on any atom is 0.295 e. The Morgan fingerprint density at radius 3 is 2.72 bits per heavy atom. The van der Waals surface area contributed by atoms with Crippen LogP contribution in [0.2, 0.25) is 0 Å². The van der Waals surface area contributed by atoms with Crippen molar-refractivity contribution in [2.45, 2.75) is 50.7 Å². The van der Waals surface area contributed by atoms with Gasteiger partial charge in [0.2, 0.25) is 0 Å². The second-order valence-corrected chi connectivity index (χ2v) is 11.9. The summed E-state index contributed by atoms with van der Waals surface area (Å²) in [4.78, 5) is 9.04. The van der Waals surface area contributed by atoms with Crippen molar-refractivity contribution in [3.8, 4) is 11.3 Å². The predicted octanol–water partition coefficient (Wildman–Crippen LogP) is 5.90. The Kier molecular flexibility index (Phi) is 4.49. The molecule has 2 aromatic carbocycles. The number of nitrogens with one attached hydrogen (secondary N) is 1. The standard InChI is InChI=1S/C30H32N4O2/c35-28(11-25-21-5-1-2-6-22(21)26-16-31-17-34(25)26)30-12-18-9-19(13-30)23(20(10-18)14-30)15-32-29-33-24-7-3-4-8-27(24)36-29/h1-8,16-20,23,25,28,35H,9-15H2,(H,32,33). The summed E-state index contributed by atoms with van der Waals surface area (Å²) in [5.41, 5.74) is 5.58. The van der Waals surface area contributed by atoms with Crippen molar-refractivity contribution >= 4 is 17.1 Å². The number of anilines is 1. The zero-order chi connectivity index (χ0) is 23.9. The van der Waals surface area contributed by atoms with Crippen molar-refractivity contribution in [1.29, 1.82) is 0 Å². The van der Waals surface area contributed by atoms with Gasteiger partial charge in [0.15, 0.2) is 5.58 Å². The van der Waals surface area contributed by atoms with Gasteiger partial charge >= 0.3 is 0 Å². The number of imidazole rings is 1. The van der Waals surface area contributed by atoms with Crippen LogP contribution in [0.1, 0.15) is 50.1 Å². The number of hydrogen-bond acceptors (Lipinski definition) is 5. The summed E-state index contributed by atoms with van der Waals surface area (Å²) in [6.07, 6.45) is 10.5. The van der Waals surface area contributed by atoms with Crippen LogP contribution in [-0.4, -0.2) is 32.3 Å². The molecular weight excluding hydrogens is 448 g/mol. The Labute approximate surface area is 210 Å². The number of aliphatic hydroxyl groups excluding tert-OH is 1. The number of para-hydroxylation sites is 2. The molecule has 6 nitrogen and oxygen atoms in total. The number of rotatable bonds is 6. The van der Waals surface area contributed by atoms with Crippen molar-refractivity contribution in [1.82, 2.24) is 14.5 Å². The maximum atomic E-state index is 11.9. The molecule has 36 heavy (non-hydrogen) atoms. The van der Waals surface area contributed by atoms with Gasteiger partial charge in [-0.25, -0.2) is 4.98 Å². The third kappa shape index (κ3) is 3.06. The summed E-state index contributed by atoms with van der Waals surface area (Å²) in [7, 11) is 0. The van der Waals surface area contributed by atoms with E-state index in [0.717, 1.165) is 42.8 Å². The van der Waals surface area contributed by atoms with E-state index in [4.69, 9.17) is 4.42 Å². The lowest BCUT2D eigenvalue weighted by Gasteiger charge is -2.61. The molecule has 184 valence electrons. The van der Waals surface area contributed by atoms with Crippen molar-refractivity contribution in [3.63, 3.8) is 0 Å². The molecule has 0 spiro atoms. The monoisotopic (exact) mass is 480 g/mol. The highest BCUT2D eigenvalue weighted by Crippen LogP contribution is 2.64. The fourth-order valence-corrected chi connectivity index (χ4v) is 8.72. The summed E-state index contributed by atoms with van der Waals surface area (Å²) in [6.45, 7) is 0.912. The van der Waals surface area contributed by atoms with Crippen LogP contribution in [0, 0.1) is 29.1 Å². The third-order valence-electron chi connectivity index (χ3n) is 10.0. The quantitative estimate of drug-likeness (QED) is 0.359. The maximum absolute atomic E-state index is 11.9. The molecular formula is C30H32N4O2. The van der Waals surface area contributed by atoms with Crippen LogP contribution in [0.3, 0.4) is 0 Å². The van der Waals surface area contributed by atoms with E-state index in [1.54, 1.807) is 0 Å². The lowest BCUT2D eigenvalue weighted by molar-refractivity contribution is -0.147. The van der Waals surface area contributed by atoms with E-state index in [9.17, 15) is 5.11 Å². The van der Waals surface area contributed by atoms with Crippen LogP contribution in [0.5, 0.6) is 0 Å². The summed E-state index contributed by atoms with van der Waals surface area (Å²) in [6, 6.07) is 17.4. The van der Waals surface area contributed by atoms with E-state index < -0.39 is 0 Å². The number of hydrogen-bond donors (Lipinski definition) is 2. The van der Waals surface area contributed by atoms with Gasteiger partial charge in [0.1, 0.15) is 5.52 Å². The molecule has 4 unspecified atom stereocenters. The van der Waals surface area contributed by atoms with E-state index in [0.29, 0.717) is 23.8 Å². The topological polar surface area (TPSA) is 76.1 Å². The molecule has 4 aromatic rings. The Morgan fingerprint density at radius 2 is 1.86 bits per heavy atom.